The zero-order chi connectivity index (χ0) is 40.5. The van der Waals surface area contributed by atoms with E-state index < -0.39 is 103 Å². The Morgan fingerprint density at radius 3 is 1.44 bits per heavy atom. The molecule has 0 bridgehead atoms. The molecule has 0 radical (unpaired) electrons. The van der Waals surface area contributed by atoms with Crippen LogP contribution in [0.3, 0.4) is 0 Å². The van der Waals surface area contributed by atoms with Gasteiger partial charge in [0.25, 0.3) is 11.2 Å². The fraction of sp³-hybridized carbons (Fsp3) is 0.895. The van der Waals surface area contributed by atoms with Crippen LogP contribution in [0, 0.1) is 0 Å². The van der Waals surface area contributed by atoms with Crippen molar-refractivity contribution in [3.63, 3.8) is 0 Å². The zero-order valence-electron chi connectivity index (χ0n) is 35.5. The lowest BCUT2D eigenvalue weighted by atomic mass is 9.73. The van der Waals surface area contributed by atoms with Crippen molar-refractivity contribution in [1.29, 1.82) is 0 Å². The molecule has 2 aliphatic heterocycles. The van der Waals surface area contributed by atoms with Gasteiger partial charge in [0.05, 0.1) is 0 Å². The maximum atomic E-state index is 15.4. The second-order valence-electron chi connectivity index (χ2n) is 20.7. The summed E-state index contributed by atoms with van der Waals surface area (Å²) in [6, 6.07) is 0. The normalized spacial score (nSPS) is 28.9. The predicted molar refractivity (Wildman–Crippen MR) is 200 cm³/mol. The number of ether oxygens (including phenoxy) is 6. The van der Waals surface area contributed by atoms with Crippen LogP contribution in [-0.2, 0) is 56.5 Å². The first-order chi connectivity index (χ1) is 23.0. The molecule has 3 rings (SSSR count). The van der Waals surface area contributed by atoms with Gasteiger partial charge in [0.2, 0.25) is 6.10 Å². The summed E-state index contributed by atoms with van der Waals surface area (Å²) in [5.74, 6) is -5.80. The second-order valence-corrected chi connectivity index (χ2v) is 30.3. The second kappa shape index (κ2) is 13.7. The average molecular weight is 773 g/mol. The molecular weight excluding hydrogens is 705 g/mol. The maximum Gasteiger partial charge on any atom is 0.357 e. The van der Waals surface area contributed by atoms with E-state index in [9.17, 15) is 9.59 Å². The molecule has 2 saturated heterocycles. The maximum absolute atomic E-state index is 15.4. The van der Waals surface area contributed by atoms with Gasteiger partial charge in [-0.2, -0.15) is 0 Å². The van der Waals surface area contributed by atoms with E-state index in [4.69, 9.17) is 37.3 Å². The van der Waals surface area contributed by atoms with Crippen LogP contribution < -0.4 is 0 Å². The minimum Gasteiger partial charge on any atom is -0.458 e. The van der Waals surface area contributed by atoms with Crippen molar-refractivity contribution in [3.8, 4) is 0 Å². The molecule has 5 atom stereocenters. The monoisotopic (exact) mass is 772 g/mol. The summed E-state index contributed by atoms with van der Waals surface area (Å²) < 4.78 is 52.0. The molecule has 0 N–H and O–H groups in total. The van der Waals surface area contributed by atoms with E-state index in [0.29, 0.717) is 12.8 Å². The van der Waals surface area contributed by atoms with Crippen LogP contribution in [0.1, 0.15) is 130 Å². The fourth-order valence-electron chi connectivity index (χ4n) is 6.10. The SMILES string of the molecule is CC(C)(C)OC(=O)[C@H]1OC2(CCCC2)O[C@]1(C(=O)OC(C)(C)C)[C@]1(C(=O)OC(C)(C)C)OC(=O)[C@H](O[Si](C)(C)C(C)(C)C)[C@H]1O[Si](C)(C)C(C)(C)C. The highest BCUT2D eigenvalue weighted by atomic mass is 28.4. The smallest absolute Gasteiger partial charge is 0.357 e. The van der Waals surface area contributed by atoms with Gasteiger partial charge in [0, 0.05) is 12.8 Å². The third-order valence-corrected chi connectivity index (χ3v) is 19.5. The topological polar surface area (TPSA) is 142 Å². The van der Waals surface area contributed by atoms with E-state index in [1.54, 1.807) is 62.3 Å². The summed E-state index contributed by atoms with van der Waals surface area (Å²) in [6.45, 7) is 34.8. The van der Waals surface area contributed by atoms with E-state index in [-0.39, 0.29) is 12.8 Å². The summed E-state index contributed by atoms with van der Waals surface area (Å²) in [6.07, 6.45) is -3.26. The molecule has 14 heteroatoms. The molecule has 0 amide bonds. The Morgan fingerprint density at radius 1 is 0.635 bits per heavy atom. The lowest BCUT2D eigenvalue weighted by Gasteiger charge is -2.49. The molecule has 1 saturated carbocycles. The third kappa shape index (κ3) is 8.67. The van der Waals surface area contributed by atoms with Crippen molar-refractivity contribution in [2.24, 2.45) is 0 Å². The standard InChI is InChI=1S/C38H68O12Si2/c1-31(2,3)44-28(40)26-38(30(42)47-33(7,8)9,50-36(43-26)22-20-21-23-36)37(29(41)46-32(4,5)6)25(49-52(18,19)35(13,14)15)24(27(39)45-37)48-51(16,17)34(10,11)12/h24-26H,20-23H2,1-19H3/t24-,25-,26-,37+,38-/m1/s1. The first-order valence-electron chi connectivity index (χ1n) is 18.6. The van der Waals surface area contributed by atoms with Gasteiger partial charge in [-0.1, -0.05) is 41.5 Å². The Morgan fingerprint density at radius 2 is 1.04 bits per heavy atom. The van der Waals surface area contributed by atoms with Crippen molar-refractivity contribution in [2.75, 3.05) is 0 Å². The molecule has 2 heterocycles. The van der Waals surface area contributed by atoms with Crippen molar-refractivity contribution in [1.82, 2.24) is 0 Å². The first-order valence-corrected chi connectivity index (χ1v) is 24.4. The number of rotatable bonds is 8. The highest BCUT2D eigenvalue weighted by molar-refractivity contribution is 6.75. The lowest BCUT2D eigenvalue weighted by Crippen LogP contribution is -2.77. The molecule has 3 fully saturated rings. The Balaban J connectivity index is 2.61. The third-order valence-electron chi connectivity index (χ3n) is 10.6. The highest BCUT2D eigenvalue weighted by Gasteiger charge is 2.86. The van der Waals surface area contributed by atoms with Crippen LogP contribution in [-0.4, -0.2) is 92.6 Å². The van der Waals surface area contributed by atoms with E-state index in [1.807, 2.05) is 67.7 Å². The summed E-state index contributed by atoms with van der Waals surface area (Å²) in [7, 11) is -5.87. The number of esters is 4. The molecule has 1 spiro atoms. The van der Waals surface area contributed by atoms with E-state index in [2.05, 4.69) is 0 Å². The van der Waals surface area contributed by atoms with Crippen LogP contribution in [0.15, 0.2) is 0 Å². The van der Waals surface area contributed by atoms with Crippen LogP contribution in [0.2, 0.25) is 36.3 Å². The Labute approximate surface area is 314 Å². The van der Waals surface area contributed by atoms with Crippen LogP contribution in [0.5, 0.6) is 0 Å². The number of carbonyl (C=O) groups excluding carboxylic acids is 4. The van der Waals surface area contributed by atoms with Gasteiger partial charge in [-0.3, -0.25) is 0 Å². The van der Waals surface area contributed by atoms with E-state index in [0.717, 1.165) is 0 Å². The summed E-state index contributed by atoms with van der Waals surface area (Å²) in [5.41, 5.74) is -9.00. The minimum atomic E-state index is -3.02. The van der Waals surface area contributed by atoms with Crippen LogP contribution in [0.25, 0.3) is 0 Å². The summed E-state index contributed by atoms with van der Waals surface area (Å²) in [5, 5.41) is -0.863. The Kier molecular flexibility index (Phi) is 11.8. The summed E-state index contributed by atoms with van der Waals surface area (Å²) in [4.78, 5) is 60.0. The molecule has 0 aromatic rings. The largest absolute Gasteiger partial charge is 0.458 e. The van der Waals surface area contributed by atoms with Gasteiger partial charge in [-0.25, -0.2) is 19.2 Å². The van der Waals surface area contributed by atoms with Gasteiger partial charge in [0.1, 0.15) is 22.9 Å². The average Bonchev–Trinajstić information content (AvgIpc) is 3.56. The lowest BCUT2D eigenvalue weighted by molar-refractivity contribution is -0.259. The fourth-order valence-corrected chi connectivity index (χ4v) is 8.59. The van der Waals surface area contributed by atoms with Gasteiger partial charge < -0.3 is 37.3 Å². The minimum absolute atomic E-state index is 0.285. The van der Waals surface area contributed by atoms with Crippen molar-refractivity contribution in [3.05, 3.63) is 0 Å². The zero-order valence-corrected chi connectivity index (χ0v) is 37.5. The number of hydrogen-bond donors (Lipinski definition) is 0. The Hall–Kier alpha value is -1.85. The summed E-state index contributed by atoms with van der Waals surface area (Å²) >= 11 is 0. The molecule has 0 unspecified atom stereocenters. The van der Waals surface area contributed by atoms with Crippen molar-refractivity contribution in [2.45, 2.75) is 218 Å². The molecule has 12 nitrogen and oxygen atoms in total. The molecule has 300 valence electrons. The molecule has 0 aromatic carbocycles. The van der Waals surface area contributed by atoms with Crippen LogP contribution in [0.4, 0.5) is 0 Å². The van der Waals surface area contributed by atoms with E-state index >= 15 is 9.59 Å². The molecule has 1 aliphatic carbocycles. The van der Waals surface area contributed by atoms with E-state index in [1.165, 1.54) is 0 Å². The van der Waals surface area contributed by atoms with Crippen molar-refractivity contribution < 1.29 is 56.5 Å². The Bertz CT molecular complexity index is 1380. The first kappa shape index (κ1) is 44.5. The molecule has 3 aliphatic rings. The quantitative estimate of drug-likeness (QED) is 0.137. The highest BCUT2D eigenvalue weighted by Crippen LogP contribution is 2.58. The molecule has 52 heavy (non-hydrogen) atoms. The predicted octanol–water partition coefficient (Wildman–Crippen LogP) is 7.51. The number of cyclic esters (lactones) is 1. The van der Waals surface area contributed by atoms with Gasteiger partial charge in [-0.05, 0) is 111 Å². The molecule has 0 aromatic heterocycles. The van der Waals surface area contributed by atoms with Gasteiger partial charge in [-0.15, -0.1) is 0 Å². The number of hydrogen-bond acceptors (Lipinski definition) is 12. The van der Waals surface area contributed by atoms with Crippen molar-refractivity contribution >= 4 is 40.5 Å². The van der Waals surface area contributed by atoms with Gasteiger partial charge in [0.15, 0.2) is 28.5 Å². The molecular formula is C38H68O12Si2. The van der Waals surface area contributed by atoms with Crippen LogP contribution >= 0.6 is 0 Å². The van der Waals surface area contributed by atoms with Gasteiger partial charge >= 0.3 is 23.9 Å². The number of carbonyl (C=O) groups is 4.